The summed E-state index contributed by atoms with van der Waals surface area (Å²) in [6.07, 6.45) is 2.25. The zero-order valence-electron chi connectivity index (χ0n) is 15.4. The Labute approximate surface area is 168 Å². The third-order valence-corrected chi connectivity index (χ3v) is 6.14. The number of aryl methyl sites for hydroxylation is 1. The van der Waals surface area contributed by atoms with Crippen molar-refractivity contribution in [3.05, 3.63) is 40.1 Å². The summed E-state index contributed by atoms with van der Waals surface area (Å²) in [6, 6.07) is 6.73. The molecule has 0 aliphatic carbocycles. The Morgan fingerprint density at radius 2 is 1.96 bits per heavy atom. The van der Waals surface area contributed by atoms with Crippen molar-refractivity contribution in [1.82, 2.24) is 14.7 Å². The van der Waals surface area contributed by atoms with Crippen LogP contribution in [0.4, 0.5) is 5.95 Å². The molecule has 7 nitrogen and oxygen atoms in total. The minimum Gasteiger partial charge on any atom is -0.492 e. The summed E-state index contributed by atoms with van der Waals surface area (Å²) >= 11 is 3.32. The van der Waals surface area contributed by atoms with Crippen molar-refractivity contribution in [2.75, 3.05) is 24.6 Å². The van der Waals surface area contributed by atoms with Crippen LogP contribution in [0.25, 0.3) is 0 Å². The van der Waals surface area contributed by atoms with Gasteiger partial charge in [0, 0.05) is 23.3 Å². The van der Waals surface area contributed by atoms with Gasteiger partial charge >= 0.3 is 0 Å². The van der Waals surface area contributed by atoms with E-state index in [-0.39, 0.29) is 11.4 Å². The summed E-state index contributed by atoms with van der Waals surface area (Å²) in [4.78, 5) is 11.2. The van der Waals surface area contributed by atoms with Gasteiger partial charge in [0.15, 0.2) is 0 Å². The molecule has 1 aromatic carbocycles. The van der Waals surface area contributed by atoms with Crippen molar-refractivity contribution in [2.24, 2.45) is 0 Å². The average molecular weight is 455 g/mol. The van der Waals surface area contributed by atoms with E-state index in [1.165, 1.54) is 6.07 Å². The van der Waals surface area contributed by atoms with E-state index >= 15 is 0 Å². The van der Waals surface area contributed by atoms with E-state index in [4.69, 9.17) is 4.74 Å². The molecule has 2 aromatic rings. The largest absolute Gasteiger partial charge is 0.492 e. The van der Waals surface area contributed by atoms with Gasteiger partial charge < -0.3 is 9.64 Å². The first-order valence-electron chi connectivity index (χ1n) is 8.90. The van der Waals surface area contributed by atoms with Crippen LogP contribution >= 0.6 is 15.9 Å². The summed E-state index contributed by atoms with van der Waals surface area (Å²) in [6.45, 7) is 6.05. The molecule has 27 heavy (non-hydrogen) atoms. The third-order valence-electron chi connectivity index (χ3n) is 4.22. The van der Waals surface area contributed by atoms with Crippen molar-refractivity contribution >= 4 is 31.9 Å². The number of hydrogen-bond donors (Lipinski definition) is 1. The first-order valence-corrected chi connectivity index (χ1v) is 11.2. The fraction of sp³-hybridized carbons (Fsp3) is 0.444. The summed E-state index contributed by atoms with van der Waals surface area (Å²) in [7, 11) is -3.76. The number of nitrogens with one attached hydrogen (secondary N) is 1. The summed E-state index contributed by atoms with van der Waals surface area (Å²) in [5.41, 5.74) is 1.46. The van der Waals surface area contributed by atoms with Crippen LogP contribution in [0.15, 0.2) is 33.6 Å². The monoisotopic (exact) mass is 454 g/mol. The van der Waals surface area contributed by atoms with Gasteiger partial charge in [0.05, 0.1) is 18.8 Å². The Balaban J connectivity index is 1.81. The van der Waals surface area contributed by atoms with Crippen LogP contribution in [0, 0.1) is 6.92 Å². The first kappa shape index (κ1) is 20.0. The van der Waals surface area contributed by atoms with E-state index in [2.05, 4.69) is 35.5 Å². The van der Waals surface area contributed by atoms with Crippen LogP contribution in [0.5, 0.6) is 5.75 Å². The number of halogens is 1. The number of anilines is 1. The molecule has 1 N–H and O–H groups in total. The molecule has 1 aliphatic heterocycles. The van der Waals surface area contributed by atoms with Crippen molar-refractivity contribution in [3.63, 3.8) is 0 Å². The molecule has 1 fully saturated rings. The van der Waals surface area contributed by atoms with Crippen molar-refractivity contribution < 1.29 is 13.2 Å². The molecule has 0 spiro atoms. The van der Waals surface area contributed by atoms with Crippen LogP contribution in [0.1, 0.15) is 31.2 Å². The van der Waals surface area contributed by atoms with E-state index in [1.807, 2.05) is 13.8 Å². The number of ether oxygens (including phenoxy) is 1. The van der Waals surface area contributed by atoms with Crippen LogP contribution < -0.4 is 14.4 Å². The second-order valence-electron chi connectivity index (χ2n) is 6.34. The Morgan fingerprint density at radius 1 is 1.22 bits per heavy atom. The fourth-order valence-electron chi connectivity index (χ4n) is 2.98. The Morgan fingerprint density at radius 3 is 2.67 bits per heavy atom. The van der Waals surface area contributed by atoms with Gasteiger partial charge in [0.2, 0.25) is 16.0 Å². The van der Waals surface area contributed by atoms with E-state index in [1.54, 1.807) is 18.2 Å². The van der Waals surface area contributed by atoms with E-state index in [9.17, 15) is 8.42 Å². The normalized spacial score (nSPS) is 14.6. The van der Waals surface area contributed by atoms with Gasteiger partial charge in [0.1, 0.15) is 10.6 Å². The SMILES string of the molecule is CCOc1ccc(Br)cc1S(=O)(=O)NCc1cc(C)nc(N2CCCC2)n1. The van der Waals surface area contributed by atoms with Crippen LogP contribution in [-0.2, 0) is 16.6 Å². The zero-order chi connectivity index (χ0) is 19.4. The minimum absolute atomic E-state index is 0.0879. The molecule has 0 atom stereocenters. The lowest BCUT2D eigenvalue weighted by Crippen LogP contribution is -2.26. The fourth-order valence-corrected chi connectivity index (χ4v) is 4.66. The highest BCUT2D eigenvalue weighted by Crippen LogP contribution is 2.27. The minimum atomic E-state index is -3.76. The van der Waals surface area contributed by atoms with Crippen LogP contribution in [0.3, 0.4) is 0 Å². The lowest BCUT2D eigenvalue weighted by molar-refractivity contribution is 0.331. The predicted molar refractivity (Wildman–Crippen MR) is 108 cm³/mol. The standard InChI is InChI=1S/C18H23BrN4O3S/c1-3-26-16-7-6-14(19)11-17(16)27(24,25)20-12-15-10-13(2)21-18(22-15)23-8-4-5-9-23/h6-7,10-11,20H,3-5,8-9,12H2,1-2H3. The maximum Gasteiger partial charge on any atom is 0.244 e. The molecule has 0 saturated carbocycles. The molecular formula is C18H23BrN4O3S. The van der Waals surface area contributed by atoms with Crippen molar-refractivity contribution in [2.45, 2.75) is 38.1 Å². The lowest BCUT2D eigenvalue weighted by atomic mass is 10.3. The molecule has 0 unspecified atom stereocenters. The zero-order valence-corrected chi connectivity index (χ0v) is 17.8. The summed E-state index contributed by atoms with van der Waals surface area (Å²) in [5.74, 6) is 0.990. The number of benzene rings is 1. The molecule has 9 heteroatoms. The Kier molecular flexibility index (Phi) is 6.33. The topological polar surface area (TPSA) is 84.4 Å². The van der Waals surface area contributed by atoms with Gasteiger partial charge in [-0.15, -0.1) is 0 Å². The Hall–Kier alpha value is -1.71. The van der Waals surface area contributed by atoms with Crippen LogP contribution in [-0.4, -0.2) is 38.1 Å². The molecule has 0 radical (unpaired) electrons. The first-order chi connectivity index (χ1) is 12.9. The van der Waals surface area contributed by atoms with Gasteiger partial charge in [-0.2, -0.15) is 0 Å². The number of hydrogen-bond acceptors (Lipinski definition) is 6. The second kappa shape index (κ2) is 8.53. The quantitative estimate of drug-likeness (QED) is 0.691. The van der Waals surface area contributed by atoms with Gasteiger partial charge in [0.25, 0.3) is 0 Å². The third kappa shape index (κ3) is 4.97. The highest BCUT2D eigenvalue weighted by Gasteiger charge is 2.21. The van der Waals surface area contributed by atoms with Crippen molar-refractivity contribution in [3.8, 4) is 5.75 Å². The van der Waals surface area contributed by atoms with Gasteiger partial charge in [-0.25, -0.2) is 23.1 Å². The molecule has 1 saturated heterocycles. The van der Waals surface area contributed by atoms with E-state index < -0.39 is 10.0 Å². The molecule has 3 rings (SSSR count). The highest BCUT2D eigenvalue weighted by molar-refractivity contribution is 9.10. The smallest absolute Gasteiger partial charge is 0.244 e. The van der Waals surface area contributed by atoms with E-state index in [0.717, 1.165) is 31.6 Å². The molecule has 2 heterocycles. The van der Waals surface area contributed by atoms with Gasteiger partial charge in [-0.1, -0.05) is 15.9 Å². The lowest BCUT2D eigenvalue weighted by Gasteiger charge is -2.17. The highest BCUT2D eigenvalue weighted by atomic mass is 79.9. The predicted octanol–water partition coefficient (Wildman–Crippen LogP) is 3.02. The molecule has 0 bridgehead atoms. The summed E-state index contributed by atoms with van der Waals surface area (Å²) in [5, 5.41) is 0. The molecule has 1 aliphatic rings. The maximum atomic E-state index is 12.8. The number of rotatable bonds is 7. The number of sulfonamides is 1. The van der Waals surface area contributed by atoms with Crippen molar-refractivity contribution in [1.29, 1.82) is 0 Å². The molecular weight excluding hydrogens is 432 g/mol. The number of aromatic nitrogens is 2. The molecule has 1 aromatic heterocycles. The van der Waals surface area contributed by atoms with Gasteiger partial charge in [-0.3, -0.25) is 0 Å². The number of nitrogens with zero attached hydrogens (tertiary/aromatic N) is 3. The van der Waals surface area contributed by atoms with Gasteiger partial charge in [-0.05, 0) is 51.0 Å². The second-order valence-corrected chi connectivity index (χ2v) is 8.99. The van der Waals surface area contributed by atoms with E-state index in [0.29, 0.717) is 28.5 Å². The van der Waals surface area contributed by atoms with Crippen LogP contribution in [0.2, 0.25) is 0 Å². The molecule has 0 amide bonds. The summed E-state index contributed by atoms with van der Waals surface area (Å²) < 4.78 is 34.4. The maximum absolute atomic E-state index is 12.8. The average Bonchev–Trinajstić information content (AvgIpc) is 3.16. The molecule has 146 valence electrons. The Bertz CT molecular complexity index is 915.